The van der Waals surface area contributed by atoms with Crippen LogP contribution in [-0.2, 0) is 7.05 Å². The molecular formula is C20H34N4O. The molecule has 2 aliphatic rings. The van der Waals surface area contributed by atoms with Gasteiger partial charge in [-0.3, -0.25) is 4.68 Å². The summed E-state index contributed by atoms with van der Waals surface area (Å²) in [6.07, 6.45) is 10.4. The second kappa shape index (κ2) is 7.79. The predicted molar refractivity (Wildman–Crippen MR) is 101 cm³/mol. The second-order valence-corrected chi connectivity index (χ2v) is 8.11. The number of hydrogen-bond acceptors (Lipinski definition) is 2. The van der Waals surface area contributed by atoms with Gasteiger partial charge in [0, 0.05) is 30.9 Å². The van der Waals surface area contributed by atoms with Crippen LogP contribution in [0.5, 0.6) is 0 Å². The van der Waals surface area contributed by atoms with Crippen molar-refractivity contribution in [1.82, 2.24) is 20.0 Å². The molecule has 3 rings (SSSR count). The first kappa shape index (κ1) is 18.3. The van der Waals surface area contributed by atoms with Gasteiger partial charge in [0.25, 0.3) is 0 Å². The molecule has 5 heteroatoms. The van der Waals surface area contributed by atoms with Gasteiger partial charge in [-0.15, -0.1) is 0 Å². The molecular weight excluding hydrogens is 312 g/mol. The molecule has 1 saturated heterocycles. The highest BCUT2D eigenvalue weighted by Gasteiger charge is 2.32. The second-order valence-electron chi connectivity index (χ2n) is 8.11. The minimum absolute atomic E-state index is 0.00266. The number of likely N-dealkylation sites (tertiary alicyclic amines) is 1. The monoisotopic (exact) mass is 346 g/mol. The number of urea groups is 1. The van der Waals surface area contributed by atoms with Gasteiger partial charge in [0.05, 0.1) is 11.7 Å². The first-order valence-electron chi connectivity index (χ1n) is 10.0. The first-order valence-corrected chi connectivity index (χ1v) is 10.0. The highest BCUT2D eigenvalue weighted by Crippen LogP contribution is 2.32. The highest BCUT2D eigenvalue weighted by molar-refractivity contribution is 5.75. The number of nitrogens with zero attached hydrogens (tertiary/aromatic N) is 3. The normalized spacial score (nSPS) is 23.0. The molecule has 25 heavy (non-hydrogen) atoms. The van der Waals surface area contributed by atoms with Crippen molar-refractivity contribution in [2.24, 2.45) is 13.0 Å². The number of nitrogens with one attached hydrogen (secondary N) is 1. The highest BCUT2D eigenvalue weighted by atomic mass is 16.2. The lowest BCUT2D eigenvalue weighted by Gasteiger charge is -2.31. The number of amides is 2. The average molecular weight is 347 g/mol. The summed E-state index contributed by atoms with van der Waals surface area (Å²) in [7, 11) is 1.96. The van der Waals surface area contributed by atoms with Crippen LogP contribution in [0, 0.1) is 19.8 Å². The van der Waals surface area contributed by atoms with E-state index in [0.29, 0.717) is 6.04 Å². The van der Waals surface area contributed by atoms with Gasteiger partial charge in [0.15, 0.2) is 0 Å². The fourth-order valence-corrected chi connectivity index (χ4v) is 4.91. The van der Waals surface area contributed by atoms with Gasteiger partial charge in [0.1, 0.15) is 0 Å². The van der Waals surface area contributed by atoms with Gasteiger partial charge in [-0.25, -0.2) is 4.79 Å². The van der Waals surface area contributed by atoms with Gasteiger partial charge in [-0.1, -0.05) is 32.1 Å². The van der Waals surface area contributed by atoms with Gasteiger partial charge in [-0.2, -0.15) is 5.10 Å². The lowest BCUT2D eigenvalue weighted by molar-refractivity contribution is 0.175. The molecule has 140 valence electrons. The summed E-state index contributed by atoms with van der Waals surface area (Å²) in [5.74, 6) is 0.826. The molecule has 2 atom stereocenters. The number of carbonyl (C=O) groups excluding carboxylic acids is 1. The number of aryl methyl sites for hydroxylation is 2. The van der Waals surface area contributed by atoms with Gasteiger partial charge in [0.2, 0.25) is 0 Å². The Morgan fingerprint density at radius 2 is 1.92 bits per heavy atom. The topological polar surface area (TPSA) is 50.2 Å². The number of rotatable bonds is 4. The van der Waals surface area contributed by atoms with Crippen LogP contribution in [0.2, 0.25) is 0 Å². The molecule has 2 fully saturated rings. The molecule has 2 amide bonds. The minimum Gasteiger partial charge on any atom is -0.331 e. The van der Waals surface area contributed by atoms with E-state index in [-0.39, 0.29) is 12.1 Å². The summed E-state index contributed by atoms with van der Waals surface area (Å²) in [6.45, 7) is 7.06. The van der Waals surface area contributed by atoms with Crippen molar-refractivity contribution in [3.05, 3.63) is 17.0 Å². The molecule has 1 aliphatic heterocycles. The Balaban J connectivity index is 1.61. The summed E-state index contributed by atoms with van der Waals surface area (Å²) >= 11 is 0. The summed E-state index contributed by atoms with van der Waals surface area (Å²) in [5.41, 5.74) is 3.29. The SMILES string of the molecule is Cc1nn(C)c(C)c1[C@@H](C)NC(=O)N1CCC[C@@H]1CC1CCCCC1. The largest absolute Gasteiger partial charge is 0.331 e. The van der Waals surface area contributed by atoms with Crippen LogP contribution in [0.1, 0.15) is 81.3 Å². The average Bonchev–Trinajstić information content (AvgIpc) is 3.13. The molecule has 0 unspecified atom stereocenters. The fourth-order valence-electron chi connectivity index (χ4n) is 4.91. The van der Waals surface area contributed by atoms with E-state index in [4.69, 9.17) is 0 Å². The van der Waals surface area contributed by atoms with Crippen LogP contribution in [0.15, 0.2) is 0 Å². The van der Waals surface area contributed by atoms with Crippen molar-refractivity contribution >= 4 is 6.03 Å². The van der Waals surface area contributed by atoms with Gasteiger partial charge < -0.3 is 10.2 Å². The van der Waals surface area contributed by atoms with E-state index in [0.717, 1.165) is 35.8 Å². The van der Waals surface area contributed by atoms with Crippen LogP contribution in [0.4, 0.5) is 4.79 Å². The summed E-state index contributed by atoms with van der Waals surface area (Å²) in [5, 5.41) is 7.71. The lowest BCUT2D eigenvalue weighted by atomic mass is 9.84. The van der Waals surface area contributed by atoms with Crippen molar-refractivity contribution < 1.29 is 4.79 Å². The van der Waals surface area contributed by atoms with E-state index in [1.165, 1.54) is 44.9 Å². The van der Waals surface area contributed by atoms with Crippen LogP contribution >= 0.6 is 0 Å². The van der Waals surface area contributed by atoms with Crippen molar-refractivity contribution in [1.29, 1.82) is 0 Å². The molecule has 2 heterocycles. The van der Waals surface area contributed by atoms with Crippen molar-refractivity contribution in [3.63, 3.8) is 0 Å². The van der Waals surface area contributed by atoms with Crippen molar-refractivity contribution in [2.75, 3.05) is 6.54 Å². The molecule has 1 aliphatic carbocycles. The van der Waals surface area contributed by atoms with Crippen molar-refractivity contribution in [3.8, 4) is 0 Å². The van der Waals surface area contributed by atoms with Crippen LogP contribution in [0.25, 0.3) is 0 Å². The van der Waals surface area contributed by atoms with Crippen LogP contribution in [-0.4, -0.2) is 33.3 Å². The smallest absolute Gasteiger partial charge is 0.318 e. The standard InChI is InChI=1S/C20H34N4O/c1-14(19-15(2)22-23(4)16(19)3)21-20(25)24-12-8-11-18(24)13-17-9-6-5-7-10-17/h14,17-18H,5-13H2,1-4H3,(H,21,25)/t14-,18-/m1/s1. The molecule has 5 nitrogen and oxygen atoms in total. The third kappa shape index (κ3) is 4.01. The molecule has 1 saturated carbocycles. The van der Waals surface area contributed by atoms with Crippen LogP contribution in [0.3, 0.4) is 0 Å². The minimum atomic E-state index is -0.00266. The maximum absolute atomic E-state index is 12.9. The van der Waals surface area contributed by atoms with E-state index in [2.05, 4.69) is 29.2 Å². The Bertz CT molecular complexity index is 603. The Morgan fingerprint density at radius 1 is 1.20 bits per heavy atom. The Hall–Kier alpha value is -1.52. The van der Waals surface area contributed by atoms with E-state index in [1.54, 1.807) is 0 Å². The van der Waals surface area contributed by atoms with E-state index >= 15 is 0 Å². The third-order valence-corrected chi connectivity index (χ3v) is 6.31. The molecule has 0 aromatic carbocycles. The zero-order chi connectivity index (χ0) is 18.0. The Kier molecular flexibility index (Phi) is 5.70. The molecule has 0 bridgehead atoms. The van der Waals surface area contributed by atoms with Gasteiger partial charge in [-0.05, 0) is 46.0 Å². The molecule has 0 spiro atoms. The summed E-state index contributed by atoms with van der Waals surface area (Å²) < 4.78 is 1.90. The third-order valence-electron chi connectivity index (χ3n) is 6.31. The zero-order valence-corrected chi connectivity index (χ0v) is 16.3. The zero-order valence-electron chi connectivity index (χ0n) is 16.3. The quantitative estimate of drug-likeness (QED) is 0.886. The number of hydrogen-bond donors (Lipinski definition) is 1. The molecule has 1 N–H and O–H groups in total. The van der Waals surface area contributed by atoms with E-state index in [9.17, 15) is 4.79 Å². The Labute approximate surface area is 152 Å². The predicted octanol–water partition coefficient (Wildman–Crippen LogP) is 4.24. The van der Waals surface area contributed by atoms with Crippen LogP contribution < -0.4 is 5.32 Å². The lowest BCUT2D eigenvalue weighted by Crippen LogP contribution is -2.44. The van der Waals surface area contributed by atoms with E-state index in [1.807, 2.05) is 18.7 Å². The first-order chi connectivity index (χ1) is 12.0. The maximum atomic E-state index is 12.9. The summed E-state index contributed by atoms with van der Waals surface area (Å²) in [6, 6.07) is 0.539. The number of carbonyl (C=O) groups is 1. The Morgan fingerprint density at radius 3 is 2.56 bits per heavy atom. The molecule has 1 aromatic rings. The maximum Gasteiger partial charge on any atom is 0.318 e. The van der Waals surface area contributed by atoms with E-state index < -0.39 is 0 Å². The van der Waals surface area contributed by atoms with Crippen molar-refractivity contribution in [2.45, 2.75) is 84.2 Å². The summed E-state index contributed by atoms with van der Waals surface area (Å²) in [4.78, 5) is 15.0. The number of aromatic nitrogens is 2. The molecule has 0 radical (unpaired) electrons. The fraction of sp³-hybridized carbons (Fsp3) is 0.800. The van der Waals surface area contributed by atoms with Gasteiger partial charge >= 0.3 is 6.03 Å². The molecule has 1 aromatic heterocycles.